The van der Waals surface area contributed by atoms with Gasteiger partial charge in [-0.1, -0.05) is 19.9 Å². The minimum absolute atomic E-state index is 0.146. The molecule has 1 amide bonds. The summed E-state index contributed by atoms with van der Waals surface area (Å²) in [5.74, 6) is -0.203. The van der Waals surface area contributed by atoms with Gasteiger partial charge in [0, 0.05) is 24.7 Å². The average Bonchev–Trinajstić information content (AvgIpc) is 2.58. The second kappa shape index (κ2) is 8.29. The van der Waals surface area contributed by atoms with E-state index >= 15 is 0 Å². The van der Waals surface area contributed by atoms with E-state index in [9.17, 15) is 13.2 Å². The van der Waals surface area contributed by atoms with Crippen molar-refractivity contribution in [3.63, 3.8) is 0 Å². The zero-order valence-electron chi connectivity index (χ0n) is 15.6. The fourth-order valence-corrected chi connectivity index (χ4v) is 4.85. The number of nitrogens with zero attached hydrogens (tertiary/aromatic N) is 2. The van der Waals surface area contributed by atoms with Crippen molar-refractivity contribution in [1.82, 2.24) is 14.5 Å². The number of hydrogen-bond acceptors (Lipinski definition) is 4. The maximum atomic E-state index is 12.8. The average molecular weight is 368 g/mol. The second-order valence-electron chi connectivity index (χ2n) is 6.62. The largest absolute Gasteiger partial charge is 0.349 e. The minimum Gasteiger partial charge on any atom is -0.349 e. The van der Waals surface area contributed by atoms with Gasteiger partial charge in [0.1, 0.15) is 0 Å². The summed E-state index contributed by atoms with van der Waals surface area (Å²) in [5, 5.41) is 3.04. The van der Waals surface area contributed by atoms with Crippen LogP contribution in [0.1, 0.15) is 42.6 Å². The fourth-order valence-electron chi connectivity index (χ4n) is 3.14. The lowest BCUT2D eigenvalue weighted by Crippen LogP contribution is -2.43. The van der Waals surface area contributed by atoms with Crippen molar-refractivity contribution in [1.29, 1.82) is 0 Å². The molecule has 0 unspecified atom stereocenters. The Hall–Kier alpha value is -1.44. The fraction of sp³-hybridized carbons (Fsp3) is 0.611. The third-order valence-electron chi connectivity index (χ3n) is 4.83. The molecule has 0 spiro atoms. The molecule has 0 atom stereocenters. The van der Waals surface area contributed by atoms with E-state index in [0.29, 0.717) is 24.2 Å². The Balaban J connectivity index is 2.22. The van der Waals surface area contributed by atoms with Gasteiger partial charge in [-0.2, -0.15) is 4.31 Å². The molecule has 7 heteroatoms. The van der Waals surface area contributed by atoms with Crippen molar-refractivity contribution >= 4 is 15.9 Å². The van der Waals surface area contributed by atoms with Gasteiger partial charge in [0.25, 0.3) is 5.91 Å². The van der Waals surface area contributed by atoms with Gasteiger partial charge in [-0.05, 0) is 57.6 Å². The summed E-state index contributed by atoms with van der Waals surface area (Å²) in [5.41, 5.74) is 1.05. The van der Waals surface area contributed by atoms with E-state index in [0.717, 1.165) is 25.9 Å². The molecular weight excluding hydrogens is 338 g/mol. The van der Waals surface area contributed by atoms with E-state index in [2.05, 4.69) is 17.3 Å². The van der Waals surface area contributed by atoms with Gasteiger partial charge in [0.05, 0.1) is 4.90 Å². The number of aryl methyl sites for hydroxylation is 1. The zero-order valence-corrected chi connectivity index (χ0v) is 16.4. The monoisotopic (exact) mass is 367 g/mol. The van der Waals surface area contributed by atoms with Crippen molar-refractivity contribution in [2.24, 2.45) is 0 Å². The minimum atomic E-state index is -3.58. The standard InChI is InChI=1S/C18H29N3O3S/c1-5-21(6-2)25(23,24)17-13-15(8-7-14(17)3)18(22)19-16-9-11-20(4)12-10-16/h7-8,13,16H,5-6,9-12H2,1-4H3,(H,19,22). The number of amides is 1. The first-order valence-electron chi connectivity index (χ1n) is 8.89. The number of nitrogens with one attached hydrogen (secondary N) is 1. The summed E-state index contributed by atoms with van der Waals surface area (Å²) in [6.07, 6.45) is 1.83. The maximum Gasteiger partial charge on any atom is 0.251 e. The van der Waals surface area contributed by atoms with Crippen LogP contribution in [0.15, 0.2) is 23.1 Å². The SMILES string of the molecule is CCN(CC)S(=O)(=O)c1cc(C(=O)NC2CCN(C)CC2)ccc1C. The van der Waals surface area contributed by atoms with Crippen molar-refractivity contribution in [3.8, 4) is 0 Å². The third kappa shape index (κ3) is 4.59. The molecule has 0 aromatic heterocycles. The second-order valence-corrected chi connectivity index (χ2v) is 8.53. The molecule has 140 valence electrons. The Kier molecular flexibility index (Phi) is 6.59. The van der Waals surface area contributed by atoms with Crippen LogP contribution >= 0.6 is 0 Å². The van der Waals surface area contributed by atoms with Crippen LogP contribution in [-0.2, 0) is 10.0 Å². The lowest BCUT2D eigenvalue weighted by molar-refractivity contribution is 0.0916. The summed E-state index contributed by atoms with van der Waals surface area (Å²) in [4.78, 5) is 15.0. The summed E-state index contributed by atoms with van der Waals surface area (Å²) in [7, 11) is -1.51. The highest BCUT2D eigenvalue weighted by molar-refractivity contribution is 7.89. The molecule has 1 aromatic rings. The highest BCUT2D eigenvalue weighted by atomic mass is 32.2. The Morgan fingerprint density at radius 1 is 1.24 bits per heavy atom. The molecule has 2 rings (SSSR count). The predicted molar refractivity (Wildman–Crippen MR) is 99.3 cm³/mol. The van der Waals surface area contributed by atoms with Crippen molar-refractivity contribution < 1.29 is 13.2 Å². The molecule has 25 heavy (non-hydrogen) atoms. The molecule has 0 aliphatic carbocycles. The van der Waals surface area contributed by atoms with E-state index in [1.165, 1.54) is 10.4 Å². The molecule has 6 nitrogen and oxygen atoms in total. The number of hydrogen-bond donors (Lipinski definition) is 1. The number of likely N-dealkylation sites (tertiary alicyclic amines) is 1. The molecule has 1 N–H and O–H groups in total. The molecule has 1 aliphatic heterocycles. The first kappa shape index (κ1) is 19.9. The summed E-state index contributed by atoms with van der Waals surface area (Å²) < 4.78 is 27.0. The predicted octanol–water partition coefficient (Wildman–Crippen LogP) is 1.85. The lowest BCUT2D eigenvalue weighted by atomic mass is 10.0. The number of rotatable bonds is 6. The van der Waals surface area contributed by atoms with Crippen LogP contribution in [-0.4, -0.2) is 62.8 Å². The quantitative estimate of drug-likeness (QED) is 0.833. The van der Waals surface area contributed by atoms with Crippen LogP contribution in [0.5, 0.6) is 0 Å². The molecule has 1 heterocycles. The van der Waals surface area contributed by atoms with E-state index in [1.54, 1.807) is 19.1 Å². The van der Waals surface area contributed by atoms with Crippen molar-refractivity contribution in [3.05, 3.63) is 29.3 Å². The van der Waals surface area contributed by atoms with Crippen LogP contribution in [0.25, 0.3) is 0 Å². The Labute approximate surface area is 151 Å². The summed E-state index contributed by atoms with van der Waals surface area (Å²) in [6, 6.07) is 5.06. The highest BCUT2D eigenvalue weighted by Crippen LogP contribution is 2.21. The molecular formula is C18H29N3O3S. The molecule has 1 aromatic carbocycles. The van der Waals surface area contributed by atoms with Gasteiger partial charge in [0.15, 0.2) is 0 Å². The molecule has 1 aliphatic rings. The molecule has 1 saturated heterocycles. The van der Waals surface area contributed by atoms with Gasteiger partial charge in [-0.15, -0.1) is 0 Å². The zero-order chi connectivity index (χ0) is 18.6. The van der Waals surface area contributed by atoms with Gasteiger partial charge >= 0.3 is 0 Å². The van der Waals surface area contributed by atoms with Crippen LogP contribution in [0.2, 0.25) is 0 Å². The third-order valence-corrected chi connectivity index (χ3v) is 7.02. The van der Waals surface area contributed by atoms with Crippen LogP contribution in [0.3, 0.4) is 0 Å². The van der Waals surface area contributed by atoms with Crippen LogP contribution in [0.4, 0.5) is 0 Å². The number of carbonyl (C=O) groups excluding carboxylic acids is 1. The topological polar surface area (TPSA) is 69.7 Å². The number of piperidine rings is 1. The number of sulfonamides is 1. The van der Waals surface area contributed by atoms with Gasteiger partial charge in [-0.3, -0.25) is 4.79 Å². The van der Waals surface area contributed by atoms with Gasteiger partial charge in [0.2, 0.25) is 10.0 Å². The first-order valence-corrected chi connectivity index (χ1v) is 10.3. The summed E-state index contributed by atoms with van der Waals surface area (Å²) in [6.45, 7) is 8.12. The first-order chi connectivity index (χ1) is 11.8. The van der Waals surface area contributed by atoms with E-state index < -0.39 is 10.0 Å². The lowest BCUT2D eigenvalue weighted by Gasteiger charge is -2.29. The smallest absolute Gasteiger partial charge is 0.251 e. The Morgan fingerprint density at radius 3 is 2.40 bits per heavy atom. The molecule has 0 saturated carbocycles. The highest BCUT2D eigenvalue weighted by Gasteiger charge is 2.25. The van der Waals surface area contributed by atoms with Crippen LogP contribution in [0, 0.1) is 6.92 Å². The number of benzene rings is 1. The normalized spacial score (nSPS) is 17.0. The van der Waals surface area contributed by atoms with Gasteiger partial charge < -0.3 is 10.2 Å². The Bertz CT molecular complexity index is 706. The number of carbonyl (C=O) groups is 1. The van der Waals surface area contributed by atoms with E-state index in [-0.39, 0.29) is 16.8 Å². The van der Waals surface area contributed by atoms with E-state index in [1.807, 2.05) is 13.8 Å². The van der Waals surface area contributed by atoms with Crippen molar-refractivity contribution in [2.75, 3.05) is 33.2 Å². The van der Waals surface area contributed by atoms with Gasteiger partial charge in [-0.25, -0.2) is 8.42 Å². The van der Waals surface area contributed by atoms with Crippen molar-refractivity contribution in [2.45, 2.75) is 44.6 Å². The van der Waals surface area contributed by atoms with Crippen LogP contribution < -0.4 is 5.32 Å². The Morgan fingerprint density at radius 2 is 1.84 bits per heavy atom. The van der Waals surface area contributed by atoms with E-state index in [4.69, 9.17) is 0 Å². The summed E-state index contributed by atoms with van der Waals surface area (Å²) >= 11 is 0. The molecule has 1 fully saturated rings. The maximum absolute atomic E-state index is 12.8. The molecule has 0 radical (unpaired) electrons. The molecule has 0 bridgehead atoms.